The van der Waals surface area contributed by atoms with E-state index < -0.39 is 11.7 Å². The van der Waals surface area contributed by atoms with E-state index in [0.29, 0.717) is 10.6 Å². The van der Waals surface area contributed by atoms with Crippen molar-refractivity contribution < 1.29 is 13.9 Å². The van der Waals surface area contributed by atoms with Gasteiger partial charge >= 0.3 is 0 Å². The van der Waals surface area contributed by atoms with Crippen molar-refractivity contribution in [2.24, 2.45) is 4.99 Å². The molecule has 6 heteroatoms. The van der Waals surface area contributed by atoms with Gasteiger partial charge < -0.3 is 9.30 Å². The van der Waals surface area contributed by atoms with Gasteiger partial charge in [-0.15, -0.1) is 6.42 Å². The maximum atomic E-state index is 13.3. The quantitative estimate of drug-likeness (QED) is 0.687. The van der Waals surface area contributed by atoms with Crippen LogP contribution in [0.25, 0.3) is 10.2 Å². The minimum atomic E-state index is -0.515. The molecule has 0 bridgehead atoms. The summed E-state index contributed by atoms with van der Waals surface area (Å²) in [5.41, 5.74) is 1.06. The lowest BCUT2D eigenvalue weighted by atomic mass is 10.2. The van der Waals surface area contributed by atoms with E-state index in [-0.39, 0.29) is 12.1 Å². The standard InChI is InChI=1S/C18H13FN2O2S/c1-3-9-21-15-8-7-14(23-2)11-16(15)24-18(21)20-17(22)12-5-4-6-13(19)10-12/h1,4-8,10-11H,9H2,2H3. The highest BCUT2D eigenvalue weighted by Gasteiger charge is 2.10. The lowest BCUT2D eigenvalue weighted by Gasteiger charge is -2.01. The molecule has 120 valence electrons. The van der Waals surface area contributed by atoms with Crippen molar-refractivity contribution in [3.8, 4) is 18.1 Å². The van der Waals surface area contributed by atoms with Crippen LogP contribution >= 0.6 is 11.3 Å². The van der Waals surface area contributed by atoms with E-state index in [4.69, 9.17) is 11.2 Å². The van der Waals surface area contributed by atoms with Crippen LogP contribution in [0.3, 0.4) is 0 Å². The average Bonchev–Trinajstić information content (AvgIpc) is 2.91. The van der Waals surface area contributed by atoms with Crippen LogP contribution in [0.1, 0.15) is 10.4 Å². The first kappa shape index (κ1) is 16.0. The second kappa shape index (κ2) is 6.69. The third-order valence-corrected chi connectivity index (χ3v) is 4.45. The fourth-order valence-corrected chi connectivity index (χ4v) is 3.34. The zero-order valence-electron chi connectivity index (χ0n) is 12.8. The summed E-state index contributed by atoms with van der Waals surface area (Å²) in [5.74, 6) is 2.28. The Balaban J connectivity index is 2.15. The van der Waals surface area contributed by atoms with Crippen LogP contribution in [0.2, 0.25) is 0 Å². The van der Waals surface area contributed by atoms with E-state index in [0.717, 1.165) is 16.3 Å². The molecule has 0 atom stereocenters. The minimum Gasteiger partial charge on any atom is -0.497 e. The molecular formula is C18H13FN2O2S. The van der Waals surface area contributed by atoms with Crippen LogP contribution in [0, 0.1) is 18.2 Å². The topological polar surface area (TPSA) is 43.6 Å². The minimum absolute atomic E-state index is 0.192. The third-order valence-electron chi connectivity index (χ3n) is 3.41. The summed E-state index contributed by atoms with van der Waals surface area (Å²) in [4.78, 5) is 16.9. The van der Waals surface area contributed by atoms with E-state index >= 15 is 0 Å². The van der Waals surface area contributed by atoms with Crippen molar-refractivity contribution in [3.05, 3.63) is 58.6 Å². The summed E-state index contributed by atoms with van der Waals surface area (Å²) in [6.45, 7) is 0.279. The molecule has 0 aliphatic carbocycles. The first-order chi connectivity index (χ1) is 11.6. The molecule has 0 spiro atoms. The van der Waals surface area contributed by atoms with Gasteiger partial charge in [-0.05, 0) is 36.4 Å². The highest BCUT2D eigenvalue weighted by Crippen LogP contribution is 2.23. The van der Waals surface area contributed by atoms with Crippen LogP contribution < -0.4 is 9.54 Å². The van der Waals surface area contributed by atoms with Gasteiger partial charge in [0.1, 0.15) is 11.6 Å². The van der Waals surface area contributed by atoms with E-state index in [1.54, 1.807) is 11.7 Å². The van der Waals surface area contributed by atoms with Crippen LogP contribution in [0.15, 0.2) is 47.5 Å². The number of methoxy groups -OCH3 is 1. The van der Waals surface area contributed by atoms with Gasteiger partial charge in [-0.25, -0.2) is 4.39 Å². The Kier molecular flexibility index (Phi) is 4.45. The Morgan fingerprint density at radius 1 is 1.38 bits per heavy atom. The lowest BCUT2D eigenvalue weighted by molar-refractivity contribution is 0.0997. The highest BCUT2D eigenvalue weighted by atomic mass is 32.1. The van der Waals surface area contributed by atoms with Crippen molar-refractivity contribution in [3.63, 3.8) is 0 Å². The Morgan fingerprint density at radius 3 is 2.92 bits per heavy atom. The Labute approximate surface area is 141 Å². The van der Waals surface area contributed by atoms with Gasteiger partial charge in [0.15, 0.2) is 4.80 Å². The maximum absolute atomic E-state index is 13.3. The fraction of sp³-hybridized carbons (Fsp3) is 0.111. The Hall–Kier alpha value is -2.91. The monoisotopic (exact) mass is 340 g/mol. The summed E-state index contributed by atoms with van der Waals surface area (Å²) >= 11 is 1.33. The molecule has 0 aliphatic heterocycles. The van der Waals surface area contributed by atoms with Gasteiger partial charge in [-0.3, -0.25) is 4.79 Å². The number of terminal acetylenes is 1. The highest BCUT2D eigenvalue weighted by molar-refractivity contribution is 7.16. The molecule has 0 saturated carbocycles. The maximum Gasteiger partial charge on any atom is 0.279 e. The van der Waals surface area contributed by atoms with E-state index in [2.05, 4.69) is 10.9 Å². The number of amides is 1. The molecule has 0 fully saturated rings. The number of ether oxygens (including phenoxy) is 1. The summed E-state index contributed by atoms with van der Waals surface area (Å²) in [7, 11) is 1.59. The molecule has 1 aromatic heterocycles. The number of halogens is 1. The number of carbonyl (C=O) groups excluding carboxylic acids is 1. The summed E-state index contributed by atoms with van der Waals surface area (Å²) in [5, 5.41) is 0. The van der Waals surface area contributed by atoms with Crippen molar-refractivity contribution in [1.29, 1.82) is 0 Å². The molecule has 0 aliphatic rings. The normalized spacial score (nSPS) is 11.5. The number of rotatable bonds is 3. The van der Waals surface area contributed by atoms with Gasteiger partial charge in [0.2, 0.25) is 0 Å². The van der Waals surface area contributed by atoms with E-state index in [1.807, 2.05) is 18.2 Å². The van der Waals surface area contributed by atoms with Gasteiger partial charge in [-0.1, -0.05) is 23.3 Å². The molecule has 1 heterocycles. The van der Waals surface area contributed by atoms with Crippen LogP contribution in [-0.4, -0.2) is 17.6 Å². The number of benzene rings is 2. The second-order valence-electron chi connectivity index (χ2n) is 4.94. The lowest BCUT2D eigenvalue weighted by Crippen LogP contribution is -2.16. The van der Waals surface area contributed by atoms with E-state index in [1.165, 1.54) is 29.5 Å². The van der Waals surface area contributed by atoms with Crippen molar-refractivity contribution >= 4 is 27.5 Å². The first-order valence-electron chi connectivity index (χ1n) is 7.08. The Morgan fingerprint density at radius 2 is 2.21 bits per heavy atom. The van der Waals surface area contributed by atoms with Crippen LogP contribution in [-0.2, 0) is 6.54 Å². The van der Waals surface area contributed by atoms with E-state index in [9.17, 15) is 9.18 Å². The van der Waals surface area contributed by atoms with Gasteiger partial charge in [0.05, 0.1) is 23.9 Å². The van der Waals surface area contributed by atoms with Crippen LogP contribution in [0.5, 0.6) is 5.75 Å². The summed E-state index contributed by atoms with van der Waals surface area (Å²) in [6, 6.07) is 11.0. The SMILES string of the molecule is C#CCn1c(=NC(=O)c2cccc(F)c2)sc2cc(OC)ccc21. The van der Waals surface area contributed by atoms with Crippen molar-refractivity contribution in [2.75, 3.05) is 7.11 Å². The zero-order chi connectivity index (χ0) is 17.1. The third kappa shape index (κ3) is 3.07. The molecule has 4 nitrogen and oxygen atoms in total. The average molecular weight is 340 g/mol. The van der Waals surface area contributed by atoms with Crippen LogP contribution in [0.4, 0.5) is 4.39 Å². The number of hydrogen-bond donors (Lipinski definition) is 0. The molecular weight excluding hydrogens is 327 g/mol. The number of aromatic nitrogens is 1. The second-order valence-corrected chi connectivity index (χ2v) is 5.94. The molecule has 2 aromatic carbocycles. The van der Waals surface area contributed by atoms with Crippen molar-refractivity contribution in [1.82, 2.24) is 4.57 Å². The van der Waals surface area contributed by atoms with Crippen molar-refractivity contribution in [2.45, 2.75) is 6.54 Å². The molecule has 24 heavy (non-hydrogen) atoms. The molecule has 0 radical (unpaired) electrons. The fourth-order valence-electron chi connectivity index (χ4n) is 2.28. The predicted molar refractivity (Wildman–Crippen MR) is 91.5 cm³/mol. The van der Waals surface area contributed by atoms with Gasteiger partial charge in [0, 0.05) is 5.56 Å². The summed E-state index contributed by atoms with van der Waals surface area (Å²) in [6.07, 6.45) is 5.43. The number of fused-ring (bicyclic) bond motifs is 1. The summed E-state index contributed by atoms with van der Waals surface area (Å²) < 4.78 is 21.2. The molecule has 1 amide bonds. The molecule has 3 rings (SSSR count). The molecule has 0 N–H and O–H groups in total. The number of carbonyl (C=O) groups is 1. The zero-order valence-corrected chi connectivity index (χ0v) is 13.6. The number of thiazole rings is 1. The molecule has 0 saturated heterocycles. The molecule has 3 aromatic rings. The molecule has 0 unspecified atom stereocenters. The number of hydrogen-bond acceptors (Lipinski definition) is 3. The largest absolute Gasteiger partial charge is 0.497 e. The first-order valence-corrected chi connectivity index (χ1v) is 7.89. The Bertz CT molecular complexity index is 1030. The smallest absolute Gasteiger partial charge is 0.279 e. The van der Waals surface area contributed by atoms with Gasteiger partial charge in [0.25, 0.3) is 5.91 Å². The number of nitrogens with zero attached hydrogens (tertiary/aromatic N) is 2. The van der Waals surface area contributed by atoms with Gasteiger partial charge in [-0.2, -0.15) is 4.99 Å². The predicted octanol–water partition coefficient (Wildman–Crippen LogP) is 3.22.